The summed E-state index contributed by atoms with van der Waals surface area (Å²) in [5, 5.41) is 17.8. The zero-order valence-corrected chi connectivity index (χ0v) is 16.6. The van der Waals surface area contributed by atoms with Gasteiger partial charge in [-0.25, -0.2) is 0 Å². The highest BCUT2D eigenvalue weighted by Gasteiger charge is 2.25. The molecule has 1 aliphatic rings. The van der Waals surface area contributed by atoms with Crippen molar-refractivity contribution in [1.29, 1.82) is 0 Å². The van der Waals surface area contributed by atoms with Gasteiger partial charge < -0.3 is 13.7 Å². The number of rotatable bonds is 6. The maximum atomic E-state index is 5.57. The zero-order valence-electron chi connectivity index (χ0n) is 15.8. The van der Waals surface area contributed by atoms with Gasteiger partial charge in [0, 0.05) is 20.0 Å². The van der Waals surface area contributed by atoms with Gasteiger partial charge in [0.1, 0.15) is 5.76 Å². The Morgan fingerprint density at radius 2 is 2.04 bits per heavy atom. The monoisotopic (exact) mass is 388 g/mol. The summed E-state index contributed by atoms with van der Waals surface area (Å²) in [6, 6.07) is 3.87. The molecule has 0 amide bonds. The van der Waals surface area contributed by atoms with Crippen molar-refractivity contribution in [2.75, 3.05) is 18.0 Å². The van der Waals surface area contributed by atoms with E-state index in [1.54, 1.807) is 24.9 Å². The summed E-state index contributed by atoms with van der Waals surface area (Å²) >= 11 is 1.57. The second-order valence-electron chi connectivity index (χ2n) is 7.04. The number of hydrogen-bond acceptors (Lipinski definition) is 8. The number of aromatic nitrogens is 5. The molecule has 0 saturated carbocycles. The molecule has 0 spiro atoms. The Hall–Kier alpha value is -2.29. The lowest BCUT2D eigenvalue weighted by Gasteiger charge is -2.31. The van der Waals surface area contributed by atoms with Crippen LogP contribution in [0.25, 0.3) is 0 Å². The van der Waals surface area contributed by atoms with Crippen LogP contribution >= 0.6 is 11.8 Å². The Kier molecular flexibility index (Phi) is 5.20. The van der Waals surface area contributed by atoms with Crippen LogP contribution in [0.2, 0.25) is 0 Å². The molecule has 0 radical (unpaired) electrons. The molecular weight excluding hydrogens is 364 g/mol. The smallest absolute Gasteiger partial charge is 0.229 e. The summed E-state index contributed by atoms with van der Waals surface area (Å²) in [7, 11) is 0. The van der Waals surface area contributed by atoms with Gasteiger partial charge in [-0.2, -0.15) is 0 Å². The second-order valence-corrected chi connectivity index (χ2v) is 8.35. The van der Waals surface area contributed by atoms with E-state index < -0.39 is 0 Å². The van der Waals surface area contributed by atoms with Crippen LogP contribution in [-0.4, -0.2) is 38.1 Å². The van der Waals surface area contributed by atoms with Gasteiger partial charge in [-0.3, -0.25) is 4.57 Å². The van der Waals surface area contributed by atoms with E-state index in [9.17, 15) is 0 Å². The van der Waals surface area contributed by atoms with E-state index >= 15 is 0 Å². The molecule has 27 heavy (non-hydrogen) atoms. The van der Waals surface area contributed by atoms with Crippen LogP contribution in [0.5, 0.6) is 0 Å². The van der Waals surface area contributed by atoms with Gasteiger partial charge in [0.25, 0.3) is 0 Å². The van der Waals surface area contributed by atoms with Crippen molar-refractivity contribution in [3.05, 3.63) is 35.9 Å². The molecule has 8 nitrogen and oxygen atoms in total. The third-order valence-electron chi connectivity index (χ3n) is 4.83. The average Bonchev–Trinajstić information content (AvgIpc) is 3.39. The van der Waals surface area contributed by atoms with Crippen molar-refractivity contribution < 1.29 is 8.83 Å². The van der Waals surface area contributed by atoms with Gasteiger partial charge in [0.05, 0.1) is 18.1 Å². The van der Waals surface area contributed by atoms with Crippen LogP contribution in [-0.2, 0) is 6.54 Å². The highest BCUT2D eigenvalue weighted by Crippen LogP contribution is 2.35. The highest BCUT2D eigenvalue weighted by atomic mass is 32.2. The quantitative estimate of drug-likeness (QED) is 0.591. The standard InChI is InChI=1S/C18H24N6O2S/c1-12-6-8-23(9-7-12)17-21-22-18(24(17)11-15-5-4-10-25-15)27-13(2)16-20-19-14(3)26-16/h4-5,10,12-13H,6-9,11H2,1-3H3. The molecule has 4 heterocycles. The van der Waals surface area contributed by atoms with E-state index in [0.29, 0.717) is 18.3 Å². The van der Waals surface area contributed by atoms with E-state index in [2.05, 4.69) is 36.8 Å². The molecule has 1 aliphatic heterocycles. The molecule has 0 aromatic carbocycles. The third-order valence-corrected chi connectivity index (χ3v) is 5.90. The molecule has 3 aromatic rings. The summed E-state index contributed by atoms with van der Waals surface area (Å²) in [5.74, 6) is 3.70. The lowest BCUT2D eigenvalue weighted by Crippen LogP contribution is -2.35. The number of thioether (sulfide) groups is 1. The summed E-state index contributed by atoms with van der Waals surface area (Å²) in [4.78, 5) is 2.32. The molecule has 144 valence electrons. The second kappa shape index (κ2) is 7.75. The van der Waals surface area contributed by atoms with Gasteiger partial charge in [-0.15, -0.1) is 20.4 Å². The van der Waals surface area contributed by atoms with Crippen molar-refractivity contribution in [1.82, 2.24) is 25.0 Å². The minimum atomic E-state index is -0.0139. The molecule has 0 N–H and O–H groups in total. The van der Waals surface area contributed by atoms with E-state index in [0.717, 1.165) is 35.9 Å². The summed E-state index contributed by atoms with van der Waals surface area (Å²) in [6.45, 7) is 8.73. The fraction of sp³-hybridized carbons (Fsp3) is 0.556. The molecular formula is C18H24N6O2S. The van der Waals surface area contributed by atoms with E-state index in [-0.39, 0.29) is 5.25 Å². The minimum absolute atomic E-state index is 0.0139. The van der Waals surface area contributed by atoms with Crippen LogP contribution in [0.4, 0.5) is 5.95 Å². The molecule has 9 heteroatoms. The Morgan fingerprint density at radius 1 is 1.22 bits per heavy atom. The fourth-order valence-electron chi connectivity index (χ4n) is 3.19. The van der Waals surface area contributed by atoms with Gasteiger partial charge in [-0.1, -0.05) is 18.7 Å². The Morgan fingerprint density at radius 3 is 2.70 bits per heavy atom. The lowest BCUT2D eigenvalue weighted by molar-refractivity contribution is 0.427. The predicted octanol–water partition coefficient (Wildman–Crippen LogP) is 3.70. The van der Waals surface area contributed by atoms with Crippen LogP contribution in [0, 0.1) is 12.8 Å². The summed E-state index contributed by atoms with van der Waals surface area (Å²) < 4.78 is 13.3. The Labute approximate surface area is 162 Å². The minimum Gasteiger partial charge on any atom is -0.467 e. The maximum Gasteiger partial charge on any atom is 0.229 e. The van der Waals surface area contributed by atoms with Gasteiger partial charge in [0.15, 0.2) is 5.16 Å². The largest absolute Gasteiger partial charge is 0.467 e. The highest BCUT2D eigenvalue weighted by molar-refractivity contribution is 7.99. The van der Waals surface area contributed by atoms with Crippen molar-refractivity contribution in [3.8, 4) is 0 Å². The predicted molar refractivity (Wildman–Crippen MR) is 102 cm³/mol. The molecule has 1 fully saturated rings. The van der Waals surface area contributed by atoms with Gasteiger partial charge in [-0.05, 0) is 37.8 Å². The molecule has 0 aliphatic carbocycles. The van der Waals surface area contributed by atoms with E-state index in [4.69, 9.17) is 8.83 Å². The molecule has 3 aromatic heterocycles. The Bertz CT molecular complexity index is 866. The van der Waals surface area contributed by atoms with E-state index in [1.807, 2.05) is 19.1 Å². The zero-order chi connectivity index (χ0) is 18.8. The van der Waals surface area contributed by atoms with Crippen molar-refractivity contribution in [3.63, 3.8) is 0 Å². The molecule has 4 rings (SSSR count). The first-order valence-corrected chi connectivity index (χ1v) is 10.2. The molecule has 1 unspecified atom stereocenters. The first-order chi connectivity index (χ1) is 13.1. The number of hydrogen-bond donors (Lipinski definition) is 0. The first kappa shape index (κ1) is 18.1. The SMILES string of the molecule is Cc1nnc(C(C)Sc2nnc(N3CCC(C)CC3)n2Cc2ccco2)o1. The van der Waals surface area contributed by atoms with Crippen LogP contribution < -0.4 is 4.90 Å². The van der Waals surface area contributed by atoms with Gasteiger partial charge >= 0.3 is 0 Å². The Balaban J connectivity index is 1.60. The average molecular weight is 388 g/mol. The normalized spacial score (nSPS) is 16.8. The van der Waals surface area contributed by atoms with E-state index in [1.165, 1.54) is 12.8 Å². The molecule has 1 saturated heterocycles. The molecule has 1 atom stereocenters. The van der Waals surface area contributed by atoms with Crippen molar-refractivity contribution >= 4 is 17.7 Å². The topological polar surface area (TPSA) is 86.0 Å². The van der Waals surface area contributed by atoms with Crippen molar-refractivity contribution in [2.24, 2.45) is 5.92 Å². The first-order valence-electron chi connectivity index (χ1n) is 9.27. The number of aryl methyl sites for hydroxylation is 1. The summed E-state index contributed by atoms with van der Waals surface area (Å²) in [6.07, 6.45) is 4.04. The number of piperidine rings is 1. The van der Waals surface area contributed by atoms with Crippen LogP contribution in [0.1, 0.15) is 49.5 Å². The number of anilines is 1. The third kappa shape index (κ3) is 4.02. The maximum absolute atomic E-state index is 5.57. The number of furan rings is 1. The van der Waals surface area contributed by atoms with Crippen molar-refractivity contribution in [2.45, 2.75) is 50.6 Å². The van der Waals surface area contributed by atoms with Crippen LogP contribution in [0.15, 0.2) is 32.4 Å². The molecule has 0 bridgehead atoms. The lowest BCUT2D eigenvalue weighted by atomic mass is 10.00. The van der Waals surface area contributed by atoms with Crippen LogP contribution in [0.3, 0.4) is 0 Å². The fourth-order valence-corrected chi connectivity index (χ4v) is 4.07. The number of nitrogens with zero attached hydrogens (tertiary/aromatic N) is 6. The van der Waals surface area contributed by atoms with Gasteiger partial charge in [0.2, 0.25) is 17.7 Å². The summed E-state index contributed by atoms with van der Waals surface area (Å²) in [5.41, 5.74) is 0.